The molecule has 0 aliphatic carbocycles. The normalized spacial score (nSPS) is 26.8. The molecule has 0 amide bonds. The molecule has 16 heavy (non-hydrogen) atoms. The van der Waals surface area contributed by atoms with Crippen molar-refractivity contribution in [1.82, 2.24) is 9.80 Å². The fourth-order valence-electron chi connectivity index (χ4n) is 2.58. The summed E-state index contributed by atoms with van der Waals surface area (Å²) in [5, 5.41) is 0.496. The first kappa shape index (κ1) is 12.7. The fourth-order valence-corrected chi connectivity index (χ4v) is 3.04. The van der Waals surface area contributed by atoms with Crippen LogP contribution >= 0.6 is 12.6 Å². The van der Waals surface area contributed by atoms with Crippen LogP contribution in [0, 0.1) is 0 Å². The van der Waals surface area contributed by atoms with Crippen LogP contribution in [0.25, 0.3) is 0 Å². The first-order valence-electron chi connectivity index (χ1n) is 6.55. The van der Waals surface area contributed by atoms with Crippen LogP contribution in [0.4, 0.5) is 0 Å². The number of thiol groups is 1. The smallest absolute Gasteiger partial charge is 0.0594 e. The van der Waals surface area contributed by atoms with Gasteiger partial charge in [-0.2, -0.15) is 12.6 Å². The van der Waals surface area contributed by atoms with Crippen molar-refractivity contribution < 1.29 is 4.74 Å². The van der Waals surface area contributed by atoms with Crippen LogP contribution in [0.15, 0.2) is 0 Å². The van der Waals surface area contributed by atoms with Gasteiger partial charge in [0.1, 0.15) is 0 Å². The molecule has 1 atom stereocenters. The molecular formula is C12H24N2OS. The molecule has 2 aliphatic heterocycles. The summed E-state index contributed by atoms with van der Waals surface area (Å²) in [6.07, 6.45) is 4.16. The Morgan fingerprint density at radius 2 is 1.44 bits per heavy atom. The average Bonchev–Trinajstić information content (AvgIpc) is 2.31. The number of ether oxygens (including phenoxy) is 1. The molecule has 0 radical (unpaired) electrons. The van der Waals surface area contributed by atoms with Crippen molar-refractivity contribution >= 4 is 12.6 Å². The molecule has 0 saturated carbocycles. The second kappa shape index (κ2) is 6.84. The van der Waals surface area contributed by atoms with Crippen molar-refractivity contribution in [2.24, 2.45) is 0 Å². The minimum Gasteiger partial charge on any atom is -0.379 e. The number of hydrogen-bond acceptors (Lipinski definition) is 4. The lowest BCUT2D eigenvalue weighted by Gasteiger charge is -2.32. The van der Waals surface area contributed by atoms with Crippen LogP contribution in [0.3, 0.4) is 0 Å². The Balaban J connectivity index is 1.64. The summed E-state index contributed by atoms with van der Waals surface area (Å²) in [5.74, 6) is 0. The summed E-state index contributed by atoms with van der Waals surface area (Å²) in [7, 11) is 0. The molecule has 2 heterocycles. The molecule has 94 valence electrons. The van der Waals surface area contributed by atoms with E-state index in [9.17, 15) is 0 Å². The van der Waals surface area contributed by atoms with Crippen molar-refractivity contribution in [2.45, 2.75) is 24.5 Å². The number of nitrogens with zero attached hydrogens (tertiary/aromatic N) is 2. The topological polar surface area (TPSA) is 15.7 Å². The number of piperidine rings is 1. The van der Waals surface area contributed by atoms with Crippen LogP contribution in [-0.4, -0.2) is 67.5 Å². The van der Waals surface area contributed by atoms with Crippen LogP contribution in [0.5, 0.6) is 0 Å². The van der Waals surface area contributed by atoms with E-state index in [0.29, 0.717) is 5.25 Å². The highest BCUT2D eigenvalue weighted by Crippen LogP contribution is 2.11. The summed E-state index contributed by atoms with van der Waals surface area (Å²) in [5.41, 5.74) is 0. The predicted molar refractivity (Wildman–Crippen MR) is 70.3 cm³/mol. The highest BCUT2D eigenvalue weighted by Gasteiger charge is 2.17. The molecule has 2 saturated heterocycles. The summed E-state index contributed by atoms with van der Waals surface area (Å²) in [6, 6.07) is 0. The highest BCUT2D eigenvalue weighted by molar-refractivity contribution is 7.81. The molecule has 0 aromatic carbocycles. The van der Waals surface area contributed by atoms with Gasteiger partial charge in [-0.15, -0.1) is 0 Å². The zero-order valence-electron chi connectivity index (χ0n) is 10.1. The maximum atomic E-state index is 5.35. The second-order valence-electron chi connectivity index (χ2n) is 4.93. The molecule has 0 bridgehead atoms. The molecule has 0 N–H and O–H groups in total. The molecular weight excluding hydrogens is 220 g/mol. The Morgan fingerprint density at radius 1 is 0.875 bits per heavy atom. The Bertz CT molecular complexity index is 171. The maximum Gasteiger partial charge on any atom is 0.0594 e. The van der Waals surface area contributed by atoms with E-state index in [1.165, 1.54) is 32.4 Å². The van der Waals surface area contributed by atoms with Gasteiger partial charge in [0.05, 0.1) is 13.2 Å². The Hall–Kier alpha value is 0.230. The zero-order valence-corrected chi connectivity index (χ0v) is 11.0. The van der Waals surface area contributed by atoms with E-state index in [-0.39, 0.29) is 0 Å². The number of likely N-dealkylation sites (tertiary alicyclic amines) is 1. The largest absolute Gasteiger partial charge is 0.379 e. The van der Waals surface area contributed by atoms with Crippen molar-refractivity contribution in [1.29, 1.82) is 0 Å². The van der Waals surface area contributed by atoms with E-state index in [4.69, 9.17) is 17.4 Å². The average molecular weight is 244 g/mol. The second-order valence-corrected chi connectivity index (χ2v) is 5.66. The third-order valence-corrected chi connectivity index (χ3v) is 3.82. The third-order valence-electron chi connectivity index (χ3n) is 3.49. The van der Waals surface area contributed by atoms with Crippen molar-refractivity contribution in [2.75, 3.05) is 52.5 Å². The summed E-state index contributed by atoms with van der Waals surface area (Å²) in [4.78, 5) is 5.05. The highest BCUT2D eigenvalue weighted by atomic mass is 32.1. The quantitative estimate of drug-likeness (QED) is 0.746. The van der Waals surface area contributed by atoms with E-state index >= 15 is 0 Å². The molecule has 2 fully saturated rings. The number of morpholine rings is 1. The van der Waals surface area contributed by atoms with E-state index < -0.39 is 0 Å². The van der Waals surface area contributed by atoms with E-state index in [1.807, 2.05) is 0 Å². The van der Waals surface area contributed by atoms with Crippen LogP contribution in [0.2, 0.25) is 0 Å². The standard InChI is InChI=1S/C12H24N2OS/c16-12(10-13-4-2-1-3-5-13)11-14-6-8-15-9-7-14/h12,16H,1-11H2. The fraction of sp³-hybridized carbons (Fsp3) is 1.00. The van der Waals surface area contributed by atoms with Crippen molar-refractivity contribution in [3.63, 3.8) is 0 Å². The van der Waals surface area contributed by atoms with Gasteiger partial charge in [0.15, 0.2) is 0 Å². The Morgan fingerprint density at radius 3 is 2.06 bits per heavy atom. The van der Waals surface area contributed by atoms with E-state index in [0.717, 1.165) is 39.4 Å². The SMILES string of the molecule is SC(CN1CCCCC1)CN1CCOCC1. The number of rotatable bonds is 4. The van der Waals surface area contributed by atoms with Crippen molar-refractivity contribution in [3.05, 3.63) is 0 Å². The Labute approximate surface area is 105 Å². The number of hydrogen-bond donors (Lipinski definition) is 1. The maximum absolute atomic E-state index is 5.35. The molecule has 1 unspecified atom stereocenters. The third kappa shape index (κ3) is 4.24. The zero-order chi connectivity index (χ0) is 11.2. The predicted octanol–water partition coefficient (Wildman–Crippen LogP) is 1.10. The first-order valence-corrected chi connectivity index (χ1v) is 7.07. The van der Waals surface area contributed by atoms with Gasteiger partial charge in [-0.25, -0.2) is 0 Å². The lowest BCUT2D eigenvalue weighted by molar-refractivity contribution is 0.0368. The van der Waals surface area contributed by atoms with Gasteiger partial charge < -0.3 is 9.64 Å². The summed E-state index contributed by atoms with van der Waals surface area (Å²) in [6.45, 7) is 8.77. The van der Waals surface area contributed by atoms with Crippen LogP contribution < -0.4 is 0 Å². The minimum atomic E-state index is 0.496. The van der Waals surface area contributed by atoms with Gasteiger partial charge in [-0.1, -0.05) is 6.42 Å². The molecule has 0 aromatic rings. The molecule has 2 rings (SSSR count). The summed E-state index contributed by atoms with van der Waals surface area (Å²) < 4.78 is 5.35. The van der Waals surface area contributed by atoms with Gasteiger partial charge >= 0.3 is 0 Å². The lowest BCUT2D eigenvalue weighted by atomic mass is 10.1. The molecule has 0 spiro atoms. The molecule has 3 nitrogen and oxygen atoms in total. The van der Waals surface area contributed by atoms with Crippen LogP contribution in [0.1, 0.15) is 19.3 Å². The van der Waals surface area contributed by atoms with Crippen LogP contribution in [-0.2, 0) is 4.74 Å². The Kier molecular flexibility index (Phi) is 5.42. The first-order chi connectivity index (χ1) is 7.84. The van der Waals surface area contributed by atoms with E-state index in [2.05, 4.69) is 9.80 Å². The molecule has 0 aromatic heterocycles. The molecule has 4 heteroatoms. The van der Waals surface area contributed by atoms with E-state index in [1.54, 1.807) is 0 Å². The van der Waals surface area contributed by atoms with Gasteiger partial charge in [-0.05, 0) is 25.9 Å². The lowest BCUT2D eigenvalue weighted by Crippen LogP contribution is -2.43. The minimum absolute atomic E-state index is 0.496. The molecule has 2 aliphatic rings. The van der Waals surface area contributed by atoms with Gasteiger partial charge in [0.25, 0.3) is 0 Å². The van der Waals surface area contributed by atoms with Gasteiger partial charge in [0, 0.05) is 31.4 Å². The van der Waals surface area contributed by atoms with Crippen molar-refractivity contribution in [3.8, 4) is 0 Å². The van der Waals surface area contributed by atoms with Gasteiger partial charge in [-0.3, -0.25) is 4.90 Å². The monoisotopic (exact) mass is 244 g/mol. The summed E-state index contributed by atoms with van der Waals surface area (Å²) >= 11 is 4.73. The van der Waals surface area contributed by atoms with Gasteiger partial charge in [0.2, 0.25) is 0 Å².